The lowest BCUT2D eigenvalue weighted by Crippen LogP contribution is -2.30. The lowest BCUT2D eigenvalue weighted by molar-refractivity contribution is -0.167. The molecule has 0 fully saturated rings. The quantitative estimate of drug-likeness (QED) is 0.0262. The maximum atomic E-state index is 12.8. The van der Waals surface area contributed by atoms with Crippen molar-refractivity contribution in [3.63, 3.8) is 0 Å². The molecule has 0 aromatic heterocycles. The maximum Gasteiger partial charge on any atom is 0.306 e. The van der Waals surface area contributed by atoms with E-state index in [9.17, 15) is 14.4 Å². The minimum Gasteiger partial charge on any atom is -0.462 e. The molecule has 0 saturated carbocycles. The molecule has 1 atom stereocenters. The highest BCUT2D eigenvalue weighted by molar-refractivity contribution is 5.71. The molecular formula is C56H104O6. The van der Waals surface area contributed by atoms with Crippen molar-refractivity contribution >= 4 is 17.9 Å². The molecule has 0 aliphatic rings. The van der Waals surface area contributed by atoms with Crippen molar-refractivity contribution in [1.82, 2.24) is 0 Å². The topological polar surface area (TPSA) is 78.9 Å². The summed E-state index contributed by atoms with van der Waals surface area (Å²) < 4.78 is 16.8. The molecule has 0 spiro atoms. The van der Waals surface area contributed by atoms with Crippen LogP contribution in [-0.4, -0.2) is 37.2 Å². The summed E-state index contributed by atoms with van der Waals surface area (Å²) in [5.74, 6) is -0.867. The molecule has 0 rings (SSSR count). The molecule has 0 aliphatic carbocycles. The van der Waals surface area contributed by atoms with Crippen molar-refractivity contribution in [1.29, 1.82) is 0 Å². The van der Waals surface area contributed by atoms with E-state index in [2.05, 4.69) is 45.1 Å². The molecule has 0 heterocycles. The van der Waals surface area contributed by atoms with Crippen LogP contribution in [0.3, 0.4) is 0 Å². The van der Waals surface area contributed by atoms with Gasteiger partial charge in [-0.25, -0.2) is 0 Å². The standard InChI is InChI=1S/C56H104O6/c1-4-7-10-13-16-19-22-25-27-29-31-34-37-40-43-46-49-55(58)61-52-53(51-60-54(57)48-45-42-39-36-33-30-24-21-18-15-12-9-6-3)62-56(59)50-47-44-41-38-35-32-28-26-23-20-17-14-11-8-5-2/h12,15,21,24,53H,4-11,13-14,16-20,22-23,25-52H2,1-3H3/b15-12-,24-21-. The molecule has 6 heteroatoms. The molecule has 0 aromatic rings. The third-order valence-electron chi connectivity index (χ3n) is 12.2. The van der Waals surface area contributed by atoms with E-state index >= 15 is 0 Å². The third kappa shape index (κ3) is 48.9. The third-order valence-corrected chi connectivity index (χ3v) is 12.2. The number of carbonyl (C=O) groups is 3. The minimum absolute atomic E-state index is 0.0704. The summed E-state index contributed by atoms with van der Waals surface area (Å²) in [6.45, 7) is 6.61. The summed E-state index contributed by atoms with van der Waals surface area (Å²) in [6, 6.07) is 0. The number of allylic oxidation sites excluding steroid dienone is 4. The van der Waals surface area contributed by atoms with Gasteiger partial charge in [0.15, 0.2) is 6.10 Å². The van der Waals surface area contributed by atoms with Crippen LogP contribution >= 0.6 is 0 Å². The first kappa shape index (κ1) is 59.9. The van der Waals surface area contributed by atoms with Gasteiger partial charge in [-0.05, 0) is 44.9 Å². The van der Waals surface area contributed by atoms with E-state index in [-0.39, 0.29) is 31.1 Å². The second kappa shape index (κ2) is 51.5. The molecule has 0 amide bonds. The van der Waals surface area contributed by atoms with Gasteiger partial charge in [0.1, 0.15) is 13.2 Å². The van der Waals surface area contributed by atoms with Gasteiger partial charge in [-0.15, -0.1) is 0 Å². The lowest BCUT2D eigenvalue weighted by Gasteiger charge is -2.18. The number of unbranched alkanes of at least 4 members (excludes halogenated alkanes) is 35. The molecule has 0 radical (unpaired) electrons. The Morgan fingerprint density at radius 2 is 0.613 bits per heavy atom. The summed E-state index contributed by atoms with van der Waals surface area (Å²) in [5, 5.41) is 0. The van der Waals surface area contributed by atoms with Gasteiger partial charge in [-0.3, -0.25) is 14.4 Å². The van der Waals surface area contributed by atoms with Crippen LogP contribution in [0.2, 0.25) is 0 Å². The van der Waals surface area contributed by atoms with Crippen LogP contribution in [0.5, 0.6) is 0 Å². The molecule has 0 saturated heterocycles. The predicted molar refractivity (Wildman–Crippen MR) is 266 cm³/mol. The molecule has 364 valence electrons. The Morgan fingerprint density at radius 1 is 0.323 bits per heavy atom. The van der Waals surface area contributed by atoms with Crippen LogP contribution in [-0.2, 0) is 28.6 Å². The Hall–Kier alpha value is -2.11. The number of hydrogen-bond acceptors (Lipinski definition) is 6. The highest BCUT2D eigenvalue weighted by atomic mass is 16.6. The van der Waals surface area contributed by atoms with Gasteiger partial charge >= 0.3 is 17.9 Å². The number of rotatable bonds is 50. The van der Waals surface area contributed by atoms with E-state index in [1.165, 1.54) is 173 Å². The summed E-state index contributed by atoms with van der Waals surface area (Å²) in [7, 11) is 0. The fraction of sp³-hybridized carbons (Fsp3) is 0.875. The molecule has 1 unspecified atom stereocenters. The number of carbonyl (C=O) groups excluding carboxylic acids is 3. The number of esters is 3. The Balaban J connectivity index is 4.33. The van der Waals surface area contributed by atoms with E-state index < -0.39 is 6.10 Å². The van der Waals surface area contributed by atoms with E-state index in [4.69, 9.17) is 14.2 Å². The fourth-order valence-electron chi connectivity index (χ4n) is 8.07. The molecule has 62 heavy (non-hydrogen) atoms. The Morgan fingerprint density at radius 3 is 0.952 bits per heavy atom. The highest BCUT2D eigenvalue weighted by Crippen LogP contribution is 2.17. The van der Waals surface area contributed by atoms with Gasteiger partial charge in [0.25, 0.3) is 0 Å². The first-order valence-electron chi connectivity index (χ1n) is 27.3. The zero-order chi connectivity index (χ0) is 45.1. The first-order chi connectivity index (χ1) is 30.5. The largest absolute Gasteiger partial charge is 0.462 e. The lowest BCUT2D eigenvalue weighted by atomic mass is 10.0. The summed E-state index contributed by atoms with van der Waals surface area (Å²) in [6.07, 6.45) is 58.7. The second-order valence-electron chi connectivity index (χ2n) is 18.5. The van der Waals surface area contributed by atoms with Crippen LogP contribution in [0.4, 0.5) is 0 Å². The van der Waals surface area contributed by atoms with E-state index in [0.29, 0.717) is 19.3 Å². The zero-order valence-electron chi connectivity index (χ0n) is 41.7. The zero-order valence-corrected chi connectivity index (χ0v) is 41.7. The van der Waals surface area contributed by atoms with Gasteiger partial charge < -0.3 is 14.2 Å². The minimum atomic E-state index is -0.771. The van der Waals surface area contributed by atoms with Crippen molar-refractivity contribution < 1.29 is 28.6 Å². The molecule has 0 aliphatic heterocycles. The van der Waals surface area contributed by atoms with Crippen LogP contribution < -0.4 is 0 Å². The molecule has 6 nitrogen and oxygen atoms in total. The van der Waals surface area contributed by atoms with Crippen molar-refractivity contribution in [2.75, 3.05) is 13.2 Å². The highest BCUT2D eigenvalue weighted by Gasteiger charge is 2.19. The number of hydrogen-bond donors (Lipinski definition) is 0. The van der Waals surface area contributed by atoms with Crippen molar-refractivity contribution in [3.05, 3.63) is 24.3 Å². The van der Waals surface area contributed by atoms with Crippen molar-refractivity contribution in [3.8, 4) is 0 Å². The molecular weight excluding hydrogens is 769 g/mol. The van der Waals surface area contributed by atoms with Gasteiger partial charge in [0.2, 0.25) is 0 Å². The Labute approximate surface area is 385 Å². The second-order valence-corrected chi connectivity index (χ2v) is 18.5. The van der Waals surface area contributed by atoms with Gasteiger partial charge in [0.05, 0.1) is 0 Å². The van der Waals surface area contributed by atoms with E-state index in [1.54, 1.807) is 0 Å². The predicted octanol–water partition coefficient (Wildman–Crippen LogP) is 17.9. The average Bonchev–Trinajstić information content (AvgIpc) is 3.27. The fourth-order valence-corrected chi connectivity index (χ4v) is 8.07. The van der Waals surface area contributed by atoms with Gasteiger partial charge in [0, 0.05) is 19.3 Å². The van der Waals surface area contributed by atoms with Gasteiger partial charge in [-0.1, -0.05) is 257 Å². The summed E-state index contributed by atoms with van der Waals surface area (Å²) in [4.78, 5) is 38.0. The van der Waals surface area contributed by atoms with Gasteiger partial charge in [-0.2, -0.15) is 0 Å². The Bertz CT molecular complexity index is 1000. The molecule has 0 aromatic carbocycles. The van der Waals surface area contributed by atoms with Crippen molar-refractivity contribution in [2.45, 2.75) is 303 Å². The first-order valence-corrected chi connectivity index (χ1v) is 27.3. The molecule has 0 bridgehead atoms. The Kier molecular flexibility index (Phi) is 49.8. The maximum absolute atomic E-state index is 12.8. The van der Waals surface area contributed by atoms with Crippen LogP contribution in [0.15, 0.2) is 24.3 Å². The molecule has 0 N–H and O–H groups in total. The SMILES string of the molecule is CCC/C=C\C/C=C\CCCCCCCC(=O)OCC(COC(=O)CCCCCCCCCCCCCCCCCC)OC(=O)CCCCCCCCCCCCCCCCC. The van der Waals surface area contributed by atoms with E-state index in [0.717, 1.165) is 83.5 Å². The number of ether oxygens (including phenoxy) is 3. The monoisotopic (exact) mass is 873 g/mol. The van der Waals surface area contributed by atoms with Crippen LogP contribution in [0.25, 0.3) is 0 Å². The smallest absolute Gasteiger partial charge is 0.306 e. The van der Waals surface area contributed by atoms with Crippen LogP contribution in [0, 0.1) is 0 Å². The summed E-state index contributed by atoms with van der Waals surface area (Å²) in [5.41, 5.74) is 0. The van der Waals surface area contributed by atoms with Crippen LogP contribution in [0.1, 0.15) is 297 Å². The summed E-state index contributed by atoms with van der Waals surface area (Å²) >= 11 is 0. The van der Waals surface area contributed by atoms with E-state index in [1.807, 2.05) is 0 Å². The normalized spacial score (nSPS) is 12.1. The van der Waals surface area contributed by atoms with Crippen molar-refractivity contribution in [2.24, 2.45) is 0 Å². The average molecular weight is 873 g/mol.